The van der Waals surface area contributed by atoms with Crippen LogP contribution in [-0.2, 0) is 0 Å². The fraction of sp³-hybridized carbons (Fsp3) is 0.818. The molecule has 0 saturated heterocycles. The molecule has 1 unspecified atom stereocenters. The third-order valence-corrected chi connectivity index (χ3v) is 2.15. The van der Waals surface area contributed by atoms with Crippen molar-refractivity contribution in [1.29, 1.82) is 0 Å². The Morgan fingerprint density at radius 2 is 2.00 bits per heavy atom. The molecule has 0 rings (SSSR count). The summed E-state index contributed by atoms with van der Waals surface area (Å²) >= 11 is 0. The van der Waals surface area contributed by atoms with Crippen LogP contribution in [0.15, 0.2) is 12.3 Å². The Hall–Kier alpha value is -0.460. The van der Waals surface area contributed by atoms with Crippen molar-refractivity contribution in [3.05, 3.63) is 12.3 Å². The molecule has 0 aromatic rings. The van der Waals surface area contributed by atoms with Gasteiger partial charge in [0.1, 0.15) is 0 Å². The minimum atomic E-state index is 0.688. The van der Waals surface area contributed by atoms with Crippen LogP contribution in [0.25, 0.3) is 0 Å². The van der Waals surface area contributed by atoms with Crippen LogP contribution in [0.2, 0.25) is 0 Å². The van der Waals surface area contributed by atoms with Crippen molar-refractivity contribution in [2.45, 2.75) is 58.9 Å². The fourth-order valence-corrected chi connectivity index (χ4v) is 1.28. The third kappa shape index (κ3) is 6.26. The second-order valence-corrected chi connectivity index (χ2v) is 3.27. The second-order valence-electron chi connectivity index (χ2n) is 3.27. The summed E-state index contributed by atoms with van der Waals surface area (Å²) in [6.45, 7) is 6.54. The molecule has 0 aromatic carbocycles. The number of allylic oxidation sites excluding steroid dienone is 1. The number of nitrogens with one attached hydrogen (secondary N) is 1. The van der Waals surface area contributed by atoms with E-state index in [4.69, 9.17) is 0 Å². The molecule has 0 radical (unpaired) electrons. The molecule has 1 N–H and O–H groups in total. The van der Waals surface area contributed by atoms with Crippen molar-refractivity contribution in [2.24, 2.45) is 0 Å². The van der Waals surface area contributed by atoms with Crippen LogP contribution in [0.5, 0.6) is 0 Å². The van der Waals surface area contributed by atoms with Gasteiger partial charge in [-0.05, 0) is 26.0 Å². The first-order chi connectivity index (χ1) is 5.85. The van der Waals surface area contributed by atoms with Crippen LogP contribution >= 0.6 is 0 Å². The van der Waals surface area contributed by atoms with Gasteiger partial charge in [-0.2, -0.15) is 0 Å². The lowest BCUT2D eigenvalue weighted by Crippen LogP contribution is -2.22. The summed E-state index contributed by atoms with van der Waals surface area (Å²) in [5.41, 5.74) is 0. The van der Waals surface area contributed by atoms with E-state index in [0.29, 0.717) is 6.04 Å². The van der Waals surface area contributed by atoms with Gasteiger partial charge in [-0.15, -0.1) is 0 Å². The van der Waals surface area contributed by atoms with Crippen LogP contribution < -0.4 is 5.32 Å². The topological polar surface area (TPSA) is 12.0 Å². The van der Waals surface area contributed by atoms with E-state index >= 15 is 0 Å². The highest BCUT2D eigenvalue weighted by atomic mass is 14.9. The number of rotatable bonds is 7. The zero-order valence-electron chi connectivity index (χ0n) is 8.77. The monoisotopic (exact) mass is 169 g/mol. The minimum Gasteiger partial charge on any atom is -0.388 e. The number of unbranched alkanes of at least 4 members (excludes halogenated alkanes) is 2. The molecule has 0 amide bonds. The van der Waals surface area contributed by atoms with Gasteiger partial charge in [0.2, 0.25) is 0 Å². The van der Waals surface area contributed by atoms with E-state index in [0.717, 1.165) is 0 Å². The molecule has 1 heteroatoms. The maximum atomic E-state index is 3.40. The molecule has 0 fully saturated rings. The summed E-state index contributed by atoms with van der Waals surface area (Å²) in [7, 11) is 0. The number of hydrogen-bond donors (Lipinski definition) is 1. The molecule has 0 saturated carbocycles. The highest BCUT2D eigenvalue weighted by molar-refractivity contribution is 4.78. The zero-order valence-corrected chi connectivity index (χ0v) is 8.77. The summed E-state index contributed by atoms with van der Waals surface area (Å²) in [4.78, 5) is 0. The quantitative estimate of drug-likeness (QED) is 0.575. The normalized spacial score (nSPS) is 13.6. The summed E-state index contributed by atoms with van der Waals surface area (Å²) < 4.78 is 0. The van der Waals surface area contributed by atoms with E-state index in [1.165, 1.54) is 32.1 Å². The van der Waals surface area contributed by atoms with Crippen LogP contribution in [0, 0.1) is 0 Å². The molecule has 0 bridgehead atoms. The van der Waals surface area contributed by atoms with Gasteiger partial charge in [0.25, 0.3) is 0 Å². The summed E-state index contributed by atoms with van der Waals surface area (Å²) in [5, 5.41) is 3.40. The Morgan fingerprint density at radius 1 is 1.25 bits per heavy atom. The minimum absolute atomic E-state index is 0.688. The van der Waals surface area contributed by atoms with Crippen LogP contribution in [0.3, 0.4) is 0 Å². The van der Waals surface area contributed by atoms with E-state index < -0.39 is 0 Å². The van der Waals surface area contributed by atoms with Crippen molar-refractivity contribution in [1.82, 2.24) is 5.32 Å². The van der Waals surface area contributed by atoms with Crippen molar-refractivity contribution >= 4 is 0 Å². The van der Waals surface area contributed by atoms with E-state index in [2.05, 4.69) is 31.4 Å². The molecule has 0 spiro atoms. The predicted octanol–water partition coefficient (Wildman–Crippen LogP) is 3.47. The van der Waals surface area contributed by atoms with Crippen LogP contribution in [-0.4, -0.2) is 6.04 Å². The average Bonchev–Trinajstić information content (AvgIpc) is 2.11. The summed E-state index contributed by atoms with van der Waals surface area (Å²) in [6, 6.07) is 0.688. The lowest BCUT2D eigenvalue weighted by atomic mass is 10.1. The molecule has 0 aliphatic carbocycles. The fourth-order valence-electron chi connectivity index (χ4n) is 1.28. The maximum absolute atomic E-state index is 3.40. The van der Waals surface area contributed by atoms with Gasteiger partial charge in [-0.25, -0.2) is 0 Å². The van der Waals surface area contributed by atoms with Crippen LogP contribution in [0.1, 0.15) is 52.9 Å². The van der Waals surface area contributed by atoms with Crippen LogP contribution in [0.4, 0.5) is 0 Å². The van der Waals surface area contributed by atoms with Gasteiger partial charge in [0.05, 0.1) is 0 Å². The lowest BCUT2D eigenvalue weighted by Gasteiger charge is -2.14. The predicted molar refractivity (Wildman–Crippen MR) is 56.2 cm³/mol. The molecular formula is C11H23N. The maximum Gasteiger partial charge on any atom is 0.0253 e. The Morgan fingerprint density at radius 3 is 2.50 bits per heavy atom. The first kappa shape index (κ1) is 11.5. The summed E-state index contributed by atoms with van der Waals surface area (Å²) in [5.74, 6) is 0. The molecule has 1 atom stereocenters. The average molecular weight is 169 g/mol. The molecule has 12 heavy (non-hydrogen) atoms. The zero-order chi connectivity index (χ0) is 9.23. The molecule has 1 nitrogen and oxygen atoms in total. The van der Waals surface area contributed by atoms with Gasteiger partial charge in [-0.1, -0.05) is 39.2 Å². The van der Waals surface area contributed by atoms with Crippen molar-refractivity contribution in [3.63, 3.8) is 0 Å². The molecule has 0 aliphatic heterocycles. The van der Waals surface area contributed by atoms with E-state index in [1.54, 1.807) is 0 Å². The SMILES string of the molecule is C/C=C/NC(CC)CCCCC. The highest BCUT2D eigenvalue weighted by Crippen LogP contribution is 2.05. The lowest BCUT2D eigenvalue weighted by molar-refractivity contribution is 0.495. The van der Waals surface area contributed by atoms with Crippen molar-refractivity contribution < 1.29 is 0 Å². The van der Waals surface area contributed by atoms with Gasteiger partial charge in [0.15, 0.2) is 0 Å². The Bertz CT molecular complexity index is 108. The van der Waals surface area contributed by atoms with Gasteiger partial charge >= 0.3 is 0 Å². The number of hydrogen-bond acceptors (Lipinski definition) is 1. The second kappa shape index (κ2) is 8.63. The smallest absolute Gasteiger partial charge is 0.0253 e. The van der Waals surface area contributed by atoms with Crippen molar-refractivity contribution in [2.75, 3.05) is 0 Å². The van der Waals surface area contributed by atoms with Gasteiger partial charge in [-0.3, -0.25) is 0 Å². The third-order valence-electron chi connectivity index (χ3n) is 2.15. The Kier molecular flexibility index (Phi) is 8.30. The van der Waals surface area contributed by atoms with Gasteiger partial charge < -0.3 is 5.32 Å². The van der Waals surface area contributed by atoms with E-state index in [1.807, 2.05) is 6.92 Å². The molecule has 0 heterocycles. The van der Waals surface area contributed by atoms with E-state index in [-0.39, 0.29) is 0 Å². The van der Waals surface area contributed by atoms with Crippen molar-refractivity contribution in [3.8, 4) is 0 Å². The highest BCUT2D eigenvalue weighted by Gasteiger charge is 2.01. The Balaban J connectivity index is 3.39. The first-order valence-electron chi connectivity index (χ1n) is 5.22. The van der Waals surface area contributed by atoms with E-state index in [9.17, 15) is 0 Å². The largest absolute Gasteiger partial charge is 0.388 e. The summed E-state index contributed by atoms with van der Waals surface area (Å²) in [6.07, 6.45) is 10.7. The van der Waals surface area contributed by atoms with Gasteiger partial charge in [0, 0.05) is 6.04 Å². The Labute approximate surface area is 77.2 Å². The molecule has 72 valence electrons. The molecular weight excluding hydrogens is 146 g/mol. The first-order valence-corrected chi connectivity index (χ1v) is 5.22. The molecule has 0 aliphatic rings. The standard InChI is InChI=1S/C11H23N/c1-4-7-8-9-11(6-3)12-10-5-2/h5,10-12H,4,6-9H2,1-3H3/b10-5+. The molecule has 0 aromatic heterocycles.